The third kappa shape index (κ3) is 3.46. The molecule has 2 heteroatoms. The lowest BCUT2D eigenvalue weighted by Gasteiger charge is -2.21. The first-order valence-electron chi connectivity index (χ1n) is 6.18. The van der Waals surface area contributed by atoms with E-state index in [4.69, 9.17) is 0 Å². The summed E-state index contributed by atoms with van der Waals surface area (Å²) in [5.74, 6) is 0.547. The van der Waals surface area contributed by atoms with Crippen LogP contribution in [0.25, 0.3) is 0 Å². The van der Waals surface area contributed by atoms with Gasteiger partial charge in [0.05, 0.1) is 0 Å². The third-order valence-electron chi connectivity index (χ3n) is 2.77. The summed E-state index contributed by atoms with van der Waals surface area (Å²) in [6.07, 6.45) is 1.96. The lowest BCUT2D eigenvalue weighted by atomic mass is 9.90. The van der Waals surface area contributed by atoms with Crippen LogP contribution in [0.3, 0.4) is 0 Å². The van der Waals surface area contributed by atoms with E-state index in [1.807, 2.05) is 44.2 Å². The molecule has 1 aromatic rings. The molecule has 0 atom stereocenters. The van der Waals surface area contributed by atoms with Gasteiger partial charge in [0, 0.05) is 11.5 Å². The number of rotatable bonds is 2. The Kier molecular flexibility index (Phi) is 5.79. The summed E-state index contributed by atoms with van der Waals surface area (Å²) >= 11 is 0. The highest BCUT2D eigenvalue weighted by atomic mass is 16.1. The first kappa shape index (κ1) is 12.9. The molecule has 1 aromatic carbocycles. The maximum atomic E-state index is 12.0. The van der Waals surface area contributed by atoms with E-state index < -0.39 is 0 Å². The van der Waals surface area contributed by atoms with Gasteiger partial charge in [0.2, 0.25) is 0 Å². The topological polar surface area (TPSA) is 29.1 Å². The van der Waals surface area contributed by atoms with Crippen LogP contribution in [0.4, 0.5) is 0 Å². The Morgan fingerprint density at radius 3 is 2.25 bits per heavy atom. The fraction of sp³-hybridized carbons (Fsp3) is 0.500. The number of hydrogen-bond acceptors (Lipinski definition) is 2. The minimum Gasteiger partial charge on any atom is -0.317 e. The van der Waals surface area contributed by atoms with Crippen molar-refractivity contribution in [2.24, 2.45) is 5.92 Å². The molecular formula is C14H21NO. The molecule has 1 saturated heterocycles. The van der Waals surface area contributed by atoms with E-state index in [-0.39, 0.29) is 5.92 Å². The van der Waals surface area contributed by atoms with Crippen molar-refractivity contribution in [3.05, 3.63) is 35.9 Å². The zero-order valence-corrected chi connectivity index (χ0v) is 10.2. The van der Waals surface area contributed by atoms with Gasteiger partial charge in [-0.05, 0) is 25.9 Å². The Morgan fingerprint density at radius 2 is 1.69 bits per heavy atom. The summed E-state index contributed by atoms with van der Waals surface area (Å²) in [4.78, 5) is 12.0. The molecule has 1 aliphatic heterocycles. The number of piperidine rings is 1. The van der Waals surface area contributed by atoms with Crippen molar-refractivity contribution in [1.82, 2.24) is 5.32 Å². The minimum atomic E-state index is 0.235. The summed E-state index contributed by atoms with van der Waals surface area (Å²) < 4.78 is 0. The van der Waals surface area contributed by atoms with Crippen LogP contribution in [-0.2, 0) is 0 Å². The van der Waals surface area contributed by atoms with Crippen molar-refractivity contribution < 1.29 is 4.79 Å². The van der Waals surface area contributed by atoms with Crippen LogP contribution < -0.4 is 5.32 Å². The predicted octanol–water partition coefficient (Wildman–Crippen LogP) is 2.90. The Labute approximate surface area is 98.1 Å². The number of Topliss-reactive ketones (excluding diaryl/α,β-unsaturated/α-hetero) is 1. The van der Waals surface area contributed by atoms with Crippen LogP contribution >= 0.6 is 0 Å². The maximum absolute atomic E-state index is 12.0. The van der Waals surface area contributed by atoms with Crippen molar-refractivity contribution in [1.29, 1.82) is 0 Å². The van der Waals surface area contributed by atoms with E-state index in [0.29, 0.717) is 5.78 Å². The summed E-state index contributed by atoms with van der Waals surface area (Å²) in [5, 5.41) is 3.27. The van der Waals surface area contributed by atoms with Gasteiger partial charge in [-0.1, -0.05) is 44.2 Å². The largest absolute Gasteiger partial charge is 0.317 e. The van der Waals surface area contributed by atoms with E-state index >= 15 is 0 Å². The van der Waals surface area contributed by atoms with Crippen molar-refractivity contribution in [3.8, 4) is 0 Å². The Balaban J connectivity index is 0.000000606. The van der Waals surface area contributed by atoms with Crippen LogP contribution in [0.1, 0.15) is 37.0 Å². The number of ketones is 1. The molecule has 0 aromatic heterocycles. The average Bonchev–Trinajstić information content (AvgIpc) is 2.42. The second-order valence-corrected chi connectivity index (χ2v) is 3.75. The smallest absolute Gasteiger partial charge is 0.166 e. The van der Waals surface area contributed by atoms with Crippen molar-refractivity contribution in [2.75, 3.05) is 13.1 Å². The van der Waals surface area contributed by atoms with Crippen LogP contribution in [0.15, 0.2) is 30.3 Å². The fourth-order valence-corrected chi connectivity index (χ4v) is 1.92. The van der Waals surface area contributed by atoms with Gasteiger partial charge in [0.25, 0.3) is 0 Å². The Morgan fingerprint density at radius 1 is 1.12 bits per heavy atom. The van der Waals surface area contributed by atoms with Gasteiger partial charge in [-0.25, -0.2) is 0 Å². The average molecular weight is 219 g/mol. The van der Waals surface area contributed by atoms with Crippen LogP contribution in [0.2, 0.25) is 0 Å². The lowest BCUT2D eigenvalue weighted by Crippen LogP contribution is -2.31. The number of benzene rings is 1. The van der Waals surface area contributed by atoms with Crippen molar-refractivity contribution in [2.45, 2.75) is 26.7 Å². The van der Waals surface area contributed by atoms with Gasteiger partial charge >= 0.3 is 0 Å². The van der Waals surface area contributed by atoms with Crippen molar-refractivity contribution >= 4 is 5.78 Å². The highest BCUT2D eigenvalue weighted by Gasteiger charge is 2.21. The van der Waals surface area contributed by atoms with Crippen LogP contribution in [-0.4, -0.2) is 18.9 Å². The second kappa shape index (κ2) is 7.18. The molecule has 1 heterocycles. The molecule has 1 aliphatic rings. The zero-order chi connectivity index (χ0) is 11.8. The number of carbonyl (C=O) groups is 1. The first-order valence-corrected chi connectivity index (χ1v) is 6.18. The Hall–Kier alpha value is -1.15. The Bertz CT molecular complexity index is 302. The molecular weight excluding hydrogens is 198 g/mol. The van der Waals surface area contributed by atoms with E-state index in [1.165, 1.54) is 0 Å². The zero-order valence-electron chi connectivity index (χ0n) is 10.2. The molecule has 2 nitrogen and oxygen atoms in total. The summed E-state index contributed by atoms with van der Waals surface area (Å²) in [6, 6.07) is 9.61. The summed E-state index contributed by atoms with van der Waals surface area (Å²) in [7, 11) is 0. The summed E-state index contributed by atoms with van der Waals surface area (Å²) in [5.41, 5.74) is 0.861. The normalized spacial score (nSPS) is 16.1. The number of carbonyl (C=O) groups excluding carboxylic acids is 1. The first-order chi connectivity index (χ1) is 7.88. The predicted molar refractivity (Wildman–Crippen MR) is 67.7 cm³/mol. The van der Waals surface area contributed by atoms with Gasteiger partial charge in [-0.15, -0.1) is 0 Å². The van der Waals surface area contributed by atoms with E-state index in [2.05, 4.69) is 5.32 Å². The van der Waals surface area contributed by atoms with Gasteiger partial charge < -0.3 is 5.32 Å². The molecule has 88 valence electrons. The molecule has 0 amide bonds. The second-order valence-electron chi connectivity index (χ2n) is 3.75. The molecule has 0 aliphatic carbocycles. The standard InChI is InChI=1S/C12H15NO.C2H6/c14-12(10-4-2-1-3-5-10)11-6-8-13-9-7-11;1-2/h1-5,11,13H,6-9H2;1-2H3. The van der Waals surface area contributed by atoms with Crippen LogP contribution in [0, 0.1) is 5.92 Å². The molecule has 0 bridgehead atoms. The van der Waals surface area contributed by atoms with E-state index in [0.717, 1.165) is 31.5 Å². The molecule has 0 unspecified atom stereocenters. The minimum absolute atomic E-state index is 0.235. The highest BCUT2D eigenvalue weighted by Crippen LogP contribution is 2.17. The van der Waals surface area contributed by atoms with E-state index in [1.54, 1.807) is 0 Å². The number of nitrogens with one attached hydrogen (secondary N) is 1. The van der Waals surface area contributed by atoms with Gasteiger partial charge in [-0.2, -0.15) is 0 Å². The third-order valence-corrected chi connectivity index (χ3v) is 2.77. The molecule has 16 heavy (non-hydrogen) atoms. The quantitative estimate of drug-likeness (QED) is 0.775. The molecule has 0 spiro atoms. The highest BCUT2D eigenvalue weighted by molar-refractivity contribution is 5.97. The molecule has 1 fully saturated rings. The SMILES string of the molecule is CC.O=C(c1ccccc1)C1CCNCC1. The van der Waals surface area contributed by atoms with Gasteiger partial charge in [0.15, 0.2) is 5.78 Å². The van der Waals surface area contributed by atoms with Gasteiger partial charge in [-0.3, -0.25) is 4.79 Å². The number of hydrogen-bond donors (Lipinski definition) is 1. The summed E-state index contributed by atoms with van der Waals surface area (Å²) in [6.45, 7) is 5.95. The maximum Gasteiger partial charge on any atom is 0.166 e. The molecule has 0 radical (unpaired) electrons. The van der Waals surface area contributed by atoms with Gasteiger partial charge in [0.1, 0.15) is 0 Å². The van der Waals surface area contributed by atoms with Crippen LogP contribution in [0.5, 0.6) is 0 Å². The fourth-order valence-electron chi connectivity index (χ4n) is 1.92. The monoisotopic (exact) mass is 219 g/mol. The molecule has 2 rings (SSSR count). The van der Waals surface area contributed by atoms with E-state index in [9.17, 15) is 4.79 Å². The van der Waals surface area contributed by atoms with Crippen molar-refractivity contribution in [3.63, 3.8) is 0 Å². The molecule has 0 saturated carbocycles. The molecule has 1 N–H and O–H groups in total. The lowest BCUT2D eigenvalue weighted by molar-refractivity contribution is 0.0895.